The molecule has 29 heavy (non-hydrogen) atoms. The molecule has 0 unspecified atom stereocenters. The van der Waals surface area contributed by atoms with Gasteiger partial charge in [0.15, 0.2) is 0 Å². The van der Waals surface area contributed by atoms with Crippen LogP contribution in [0.1, 0.15) is 21.7 Å². The van der Waals surface area contributed by atoms with Crippen LogP contribution in [0.25, 0.3) is 16.3 Å². The highest BCUT2D eigenvalue weighted by Crippen LogP contribution is 2.22. The Balaban J connectivity index is 1.56. The summed E-state index contributed by atoms with van der Waals surface area (Å²) in [4.78, 5) is 23.6. The van der Waals surface area contributed by atoms with Gasteiger partial charge < -0.3 is 4.90 Å². The lowest BCUT2D eigenvalue weighted by molar-refractivity contribution is -0.127. The lowest BCUT2D eigenvalue weighted by Gasteiger charge is -2.22. The molecule has 4 nitrogen and oxygen atoms in total. The molecule has 0 radical (unpaired) electrons. The number of amides is 1. The van der Waals surface area contributed by atoms with Crippen molar-refractivity contribution in [1.82, 2.24) is 14.9 Å². The van der Waals surface area contributed by atoms with Gasteiger partial charge in [-0.25, -0.2) is 4.98 Å². The second kappa shape index (κ2) is 8.80. The molecule has 0 saturated carbocycles. The van der Waals surface area contributed by atoms with Gasteiger partial charge in [0.1, 0.15) is 5.01 Å². The summed E-state index contributed by atoms with van der Waals surface area (Å²) in [7, 11) is 0. The molecule has 0 aliphatic heterocycles. The lowest BCUT2D eigenvalue weighted by Crippen LogP contribution is -2.28. The monoisotopic (exact) mass is 399 g/mol. The standard InChI is InChI=1S/C24H21N3OS/c1-18-7-2-3-9-20(18)17-27(16-19-8-6-14-25-15-19)24(28)13-12-23-26-21-10-4-5-11-22(21)29-23/h2-15H,16-17H2,1H3/b13-12+. The van der Waals surface area contributed by atoms with Crippen molar-refractivity contribution in [3.8, 4) is 0 Å². The van der Waals surface area contributed by atoms with Gasteiger partial charge in [0, 0.05) is 31.6 Å². The summed E-state index contributed by atoms with van der Waals surface area (Å²) in [5.74, 6) is -0.0450. The number of para-hydroxylation sites is 1. The Labute approximate surface area is 174 Å². The van der Waals surface area contributed by atoms with Crippen LogP contribution >= 0.6 is 11.3 Å². The normalized spacial score (nSPS) is 11.2. The van der Waals surface area contributed by atoms with Gasteiger partial charge in [-0.15, -0.1) is 11.3 Å². The molecule has 0 fully saturated rings. The molecule has 0 aliphatic carbocycles. The highest BCUT2D eigenvalue weighted by atomic mass is 32.1. The van der Waals surface area contributed by atoms with Crippen molar-refractivity contribution < 1.29 is 4.79 Å². The molecule has 144 valence electrons. The van der Waals surface area contributed by atoms with Crippen molar-refractivity contribution in [2.45, 2.75) is 20.0 Å². The summed E-state index contributed by atoms with van der Waals surface area (Å²) in [6.07, 6.45) is 6.97. The number of hydrogen-bond donors (Lipinski definition) is 0. The molecule has 2 aromatic heterocycles. The summed E-state index contributed by atoms with van der Waals surface area (Å²) >= 11 is 1.58. The van der Waals surface area contributed by atoms with Crippen molar-refractivity contribution >= 4 is 33.5 Å². The van der Waals surface area contributed by atoms with Crippen LogP contribution in [0.5, 0.6) is 0 Å². The Morgan fingerprint density at radius 1 is 1.03 bits per heavy atom. The molecule has 1 amide bonds. The van der Waals surface area contributed by atoms with Crippen molar-refractivity contribution in [3.63, 3.8) is 0 Å². The number of nitrogens with zero attached hydrogens (tertiary/aromatic N) is 3. The number of benzene rings is 2. The van der Waals surface area contributed by atoms with E-state index in [1.54, 1.807) is 35.9 Å². The van der Waals surface area contributed by atoms with Crippen molar-refractivity contribution in [2.75, 3.05) is 0 Å². The van der Waals surface area contributed by atoms with Gasteiger partial charge in [0.2, 0.25) is 5.91 Å². The van der Waals surface area contributed by atoms with Crippen LogP contribution in [0.4, 0.5) is 0 Å². The van der Waals surface area contributed by atoms with Crippen LogP contribution in [0.15, 0.2) is 79.1 Å². The molecule has 2 heterocycles. The van der Waals surface area contributed by atoms with E-state index < -0.39 is 0 Å². The highest BCUT2D eigenvalue weighted by Gasteiger charge is 2.14. The maximum atomic E-state index is 13.0. The van der Waals surface area contributed by atoms with E-state index in [9.17, 15) is 4.79 Å². The minimum atomic E-state index is -0.0450. The minimum absolute atomic E-state index is 0.0450. The summed E-state index contributed by atoms with van der Waals surface area (Å²) in [5.41, 5.74) is 4.27. The minimum Gasteiger partial charge on any atom is -0.330 e. The van der Waals surface area contributed by atoms with Crippen LogP contribution in [-0.4, -0.2) is 20.8 Å². The largest absolute Gasteiger partial charge is 0.330 e. The van der Waals surface area contributed by atoms with Gasteiger partial charge in [-0.2, -0.15) is 0 Å². The van der Waals surface area contributed by atoms with E-state index in [0.29, 0.717) is 13.1 Å². The van der Waals surface area contributed by atoms with Gasteiger partial charge in [-0.1, -0.05) is 42.5 Å². The number of hydrogen-bond acceptors (Lipinski definition) is 4. The van der Waals surface area contributed by atoms with Crippen LogP contribution in [-0.2, 0) is 17.9 Å². The first-order valence-corrected chi connectivity index (χ1v) is 10.3. The van der Waals surface area contributed by atoms with Crippen LogP contribution in [0.3, 0.4) is 0 Å². The third-order valence-electron chi connectivity index (χ3n) is 4.71. The Kier molecular flexibility index (Phi) is 5.77. The maximum Gasteiger partial charge on any atom is 0.247 e. The van der Waals surface area contributed by atoms with Crippen molar-refractivity contribution in [3.05, 3.63) is 101 Å². The van der Waals surface area contributed by atoms with Crippen molar-refractivity contribution in [1.29, 1.82) is 0 Å². The number of carbonyl (C=O) groups excluding carboxylic acids is 1. The van der Waals surface area contributed by atoms with Crippen molar-refractivity contribution in [2.24, 2.45) is 0 Å². The first-order chi connectivity index (χ1) is 14.2. The molecule has 0 spiro atoms. The number of aryl methyl sites for hydroxylation is 1. The van der Waals surface area contributed by atoms with Gasteiger partial charge >= 0.3 is 0 Å². The van der Waals surface area contributed by atoms with Crippen LogP contribution < -0.4 is 0 Å². The molecule has 4 rings (SSSR count). The molecule has 0 aliphatic rings. The maximum absolute atomic E-state index is 13.0. The molecule has 0 bridgehead atoms. The van der Waals surface area contributed by atoms with E-state index in [1.807, 2.05) is 53.4 Å². The highest BCUT2D eigenvalue weighted by molar-refractivity contribution is 7.19. The molecule has 0 saturated heterocycles. The number of fused-ring (bicyclic) bond motifs is 1. The lowest BCUT2D eigenvalue weighted by atomic mass is 10.1. The van der Waals surface area contributed by atoms with Crippen LogP contribution in [0, 0.1) is 6.92 Å². The summed E-state index contributed by atoms with van der Waals surface area (Å²) < 4.78 is 1.12. The first-order valence-electron chi connectivity index (χ1n) is 9.45. The summed E-state index contributed by atoms with van der Waals surface area (Å²) in [5, 5.41) is 0.830. The number of aromatic nitrogens is 2. The fourth-order valence-corrected chi connectivity index (χ4v) is 4.00. The number of carbonyl (C=O) groups is 1. The molecule has 4 aromatic rings. The zero-order valence-electron chi connectivity index (χ0n) is 16.2. The molecule has 0 N–H and O–H groups in total. The number of pyridine rings is 1. The Morgan fingerprint density at radius 3 is 2.66 bits per heavy atom. The van der Waals surface area contributed by atoms with E-state index in [0.717, 1.165) is 26.4 Å². The molecular weight excluding hydrogens is 378 g/mol. The number of thiazole rings is 1. The van der Waals surface area contributed by atoms with Gasteiger partial charge in [0.25, 0.3) is 0 Å². The van der Waals surface area contributed by atoms with Gasteiger partial charge in [-0.3, -0.25) is 9.78 Å². The SMILES string of the molecule is Cc1ccccc1CN(Cc1cccnc1)C(=O)/C=C/c1nc2ccccc2s1. The Hall–Kier alpha value is -3.31. The fraction of sp³-hybridized carbons (Fsp3) is 0.125. The predicted molar refractivity (Wildman–Crippen MR) is 118 cm³/mol. The molecular formula is C24H21N3OS. The molecule has 0 atom stereocenters. The quantitative estimate of drug-likeness (QED) is 0.417. The number of rotatable bonds is 6. The van der Waals surface area contributed by atoms with Gasteiger partial charge in [0.05, 0.1) is 10.2 Å². The average molecular weight is 400 g/mol. The van der Waals surface area contributed by atoms with E-state index >= 15 is 0 Å². The second-order valence-electron chi connectivity index (χ2n) is 6.84. The Morgan fingerprint density at radius 2 is 1.86 bits per heavy atom. The third-order valence-corrected chi connectivity index (χ3v) is 5.71. The average Bonchev–Trinajstić information content (AvgIpc) is 3.17. The van der Waals surface area contributed by atoms with Crippen LogP contribution in [0.2, 0.25) is 0 Å². The first kappa shape index (κ1) is 19.0. The van der Waals surface area contributed by atoms with E-state index in [-0.39, 0.29) is 5.91 Å². The van der Waals surface area contributed by atoms with Gasteiger partial charge in [-0.05, 0) is 47.9 Å². The molecule has 5 heteroatoms. The Bertz CT molecular complexity index is 1120. The fourth-order valence-electron chi connectivity index (χ4n) is 3.13. The zero-order valence-corrected chi connectivity index (χ0v) is 17.0. The van der Waals surface area contributed by atoms with E-state index in [1.165, 1.54) is 5.56 Å². The van der Waals surface area contributed by atoms with E-state index in [2.05, 4.69) is 29.0 Å². The third kappa shape index (κ3) is 4.76. The predicted octanol–water partition coefficient (Wildman–Crippen LogP) is 5.24. The smallest absolute Gasteiger partial charge is 0.247 e. The topological polar surface area (TPSA) is 46.1 Å². The second-order valence-corrected chi connectivity index (χ2v) is 7.90. The summed E-state index contributed by atoms with van der Waals surface area (Å²) in [6, 6.07) is 20.0. The summed E-state index contributed by atoms with van der Waals surface area (Å²) in [6.45, 7) is 3.12. The molecule has 2 aromatic carbocycles. The zero-order chi connectivity index (χ0) is 20.1. The van der Waals surface area contributed by atoms with E-state index in [4.69, 9.17) is 0 Å².